The number of carbonyl (C=O) groups is 1. The van der Waals surface area contributed by atoms with Crippen molar-refractivity contribution in [2.45, 2.75) is 25.6 Å². The second kappa shape index (κ2) is 5.84. The van der Waals surface area contributed by atoms with Crippen molar-refractivity contribution in [2.24, 2.45) is 0 Å². The van der Waals surface area contributed by atoms with Crippen molar-refractivity contribution in [1.82, 2.24) is 14.9 Å². The van der Waals surface area contributed by atoms with Gasteiger partial charge in [-0.2, -0.15) is 13.2 Å². The minimum Gasteiger partial charge on any atom is -0.365 e. The topological polar surface area (TPSA) is 75.3 Å². The van der Waals surface area contributed by atoms with E-state index in [2.05, 4.69) is 14.7 Å². The molecule has 0 saturated carbocycles. The first-order valence-electron chi connectivity index (χ1n) is 6.28. The highest BCUT2D eigenvalue weighted by atomic mass is 19.4. The van der Waals surface area contributed by atoms with Crippen LogP contribution >= 0.6 is 0 Å². The lowest BCUT2D eigenvalue weighted by Crippen LogP contribution is -2.51. The van der Waals surface area contributed by atoms with Crippen LogP contribution in [0.3, 0.4) is 0 Å². The quantitative estimate of drug-likeness (QED) is 0.859. The van der Waals surface area contributed by atoms with Crippen LogP contribution in [0.5, 0.6) is 0 Å². The summed E-state index contributed by atoms with van der Waals surface area (Å²) in [4.78, 5) is 31.0. The molecule has 1 aromatic heterocycles. The van der Waals surface area contributed by atoms with Gasteiger partial charge in [0.2, 0.25) is 5.91 Å². The number of carbonyl (C=O) groups excluding carboxylic acids is 1. The van der Waals surface area contributed by atoms with Crippen molar-refractivity contribution in [1.29, 1.82) is 0 Å². The van der Waals surface area contributed by atoms with Crippen molar-refractivity contribution in [3.8, 4) is 0 Å². The predicted molar refractivity (Wildman–Crippen MR) is 65.7 cm³/mol. The number of amides is 1. The van der Waals surface area contributed by atoms with Crippen LogP contribution in [0.4, 0.5) is 13.2 Å². The number of hydrogen-bond acceptors (Lipinski definition) is 4. The van der Waals surface area contributed by atoms with Gasteiger partial charge in [-0.05, 0) is 6.92 Å². The smallest absolute Gasteiger partial charge is 0.365 e. The van der Waals surface area contributed by atoms with E-state index in [1.165, 1.54) is 6.20 Å². The number of morpholine rings is 1. The minimum absolute atomic E-state index is 0.0720. The monoisotopic (exact) mass is 305 g/mol. The van der Waals surface area contributed by atoms with Crippen LogP contribution in [-0.2, 0) is 16.0 Å². The summed E-state index contributed by atoms with van der Waals surface area (Å²) in [6.45, 7) is 0.920. The maximum absolute atomic E-state index is 12.6. The van der Waals surface area contributed by atoms with Crippen LogP contribution in [-0.4, -0.2) is 52.8 Å². The number of aromatic nitrogens is 2. The van der Waals surface area contributed by atoms with Crippen LogP contribution in [0.25, 0.3) is 0 Å². The molecule has 1 fully saturated rings. The lowest BCUT2D eigenvalue weighted by atomic mass is 10.2. The Bertz CT molecular complexity index is 585. The van der Waals surface area contributed by atoms with E-state index in [0.29, 0.717) is 5.82 Å². The zero-order valence-electron chi connectivity index (χ0n) is 11.2. The molecule has 1 N–H and O–H groups in total. The van der Waals surface area contributed by atoms with Gasteiger partial charge in [0.15, 0.2) is 6.10 Å². The second-order valence-corrected chi connectivity index (χ2v) is 4.74. The minimum atomic E-state index is -4.51. The molecular weight excluding hydrogens is 291 g/mol. The molecule has 2 heterocycles. The molecule has 1 amide bonds. The highest BCUT2D eigenvalue weighted by Gasteiger charge is 2.44. The second-order valence-electron chi connectivity index (χ2n) is 4.74. The fraction of sp³-hybridized carbons (Fsp3) is 0.583. The average Bonchev–Trinajstić information content (AvgIpc) is 2.41. The van der Waals surface area contributed by atoms with Gasteiger partial charge in [-0.15, -0.1) is 0 Å². The number of nitrogens with one attached hydrogen (secondary N) is 1. The summed E-state index contributed by atoms with van der Waals surface area (Å²) >= 11 is 0. The van der Waals surface area contributed by atoms with Gasteiger partial charge in [-0.1, -0.05) is 0 Å². The molecule has 9 heteroatoms. The Morgan fingerprint density at radius 1 is 1.57 bits per heavy atom. The molecule has 21 heavy (non-hydrogen) atoms. The fourth-order valence-corrected chi connectivity index (χ4v) is 1.98. The van der Waals surface area contributed by atoms with Crippen molar-refractivity contribution in [2.75, 3.05) is 19.7 Å². The zero-order valence-corrected chi connectivity index (χ0v) is 11.2. The molecule has 0 bridgehead atoms. The number of aryl methyl sites for hydroxylation is 1. The number of rotatable bonds is 2. The Labute approximate surface area is 117 Å². The summed E-state index contributed by atoms with van der Waals surface area (Å²) in [6.07, 6.45) is -5.52. The van der Waals surface area contributed by atoms with E-state index < -0.39 is 30.3 Å². The van der Waals surface area contributed by atoms with Crippen LogP contribution in [0.1, 0.15) is 11.4 Å². The SMILES string of the molecule is Cc1ncc(CC(=O)N2CCOC(C(F)(F)F)C2)c(=O)[nH]1. The van der Waals surface area contributed by atoms with Gasteiger partial charge in [0.05, 0.1) is 19.6 Å². The Balaban J connectivity index is 2.04. The zero-order chi connectivity index (χ0) is 15.6. The number of ether oxygens (including phenoxy) is 1. The average molecular weight is 305 g/mol. The highest BCUT2D eigenvalue weighted by molar-refractivity contribution is 5.78. The maximum Gasteiger partial charge on any atom is 0.416 e. The number of aromatic amines is 1. The molecule has 0 aliphatic carbocycles. The molecule has 1 aliphatic heterocycles. The Hall–Kier alpha value is -1.90. The van der Waals surface area contributed by atoms with Gasteiger partial charge in [-0.3, -0.25) is 9.59 Å². The van der Waals surface area contributed by atoms with E-state index in [0.717, 1.165) is 4.90 Å². The lowest BCUT2D eigenvalue weighted by Gasteiger charge is -2.33. The van der Waals surface area contributed by atoms with Gasteiger partial charge in [0.1, 0.15) is 5.82 Å². The van der Waals surface area contributed by atoms with Gasteiger partial charge in [0.25, 0.3) is 5.56 Å². The first kappa shape index (κ1) is 15.5. The summed E-state index contributed by atoms with van der Waals surface area (Å²) < 4.78 is 42.4. The maximum atomic E-state index is 12.6. The van der Waals surface area contributed by atoms with Gasteiger partial charge < -0.3 is 14.6 Å². The normalized spacial score (nSPS) is 19.6. The number of H-pyrrole nitrogens is 1. The van der Waals surface area contributed by atoms with Crippen LogP contribution in [0, 0.1) is 6.92 Å². The van der Waals surface area contributed by atoms with Crippen molar-refractivity contribution >= 4 is 5.91 Å². The number of hydrogen-bond donors (Lipinski definition) is 1. The first-order valence-corrected chi connectivity index (χ1v) is 6.28. The van der Waals surface area contributed by atoms with Crippen molar-refractivity contribution < 1.29 is 22.7 Å². The van der Waals surface area contributed by atoms with Gasteiger partial charge in [0, 0.05) is 18.3 Å². The summed E-state index contributed by atoms with van der Waals surface area (Å²) in [5.74, 6) is -0.150. The van der Waals surface area contributed by atoms with Gasteiger partial charge in [-0.25, -0.2) is 4.98 Å². The Morgan fingerprint density at radius 2 is 2.29 bits per heavy atom. The van der Waals surface area contributed by atoms with E-state index >= 15 is 0 Å². The predicted octanol–water partition coefficient (Wildman–Crippen LogP) is 0.411. The third kappa shape index (κ3) is 3.81. The molecule has 116 valence electrons. The molecule has 0 aromatic carbocycles. The van der Waals surface area contributed by atoms with Crippen molar-refractivity contribution in [3.63, 3.8) is 0 Å². The molecule has 1 aliphatic rings. The highest BCUT2D eigenvalue weighted by Crippen LogP contribution is 2.25. The molecule has 0 radical (unpaired) electrons. The molecule has 1 atom stereocenters. The molecule has 1 unspecified atom stereocenters. The summed E-state index contributed by atoms with van der Waals surface area (Å²) in [5, 5.41) is 0. The third-order valence-electron chi connectivity index (χ3n) is 3.13. The molecule has 2 rings (SSSR count). The van der Waals surface area contributed by atoms with Crippen LogP contribution in [0.2, 0.25) is 0 Å². The van der Waals surface area contributed by atoms with Crippen LogP contribution < -0.4 is 5.56 Å². The lowest BCUT2D eigenvalue weighted by molar-refractivity contribution is -0.236. The third-order valence-corrected chi connectivity index (χ3v) is 3.13. The first-order chi connectivity index (χ1) is 9.77. The van der Waals surface area contributed by atoms with E-state index in [9.17, 15) is 22.8 Å². The van der Waals surface area contributed by atoms with E-state index in [4.69, 9.17) is 0 Å². The molecule has 1 saturated heterocycles. The molecule has 0 spiro atoms. The van der Waals surface area contributed by atoms with E-state index in [-0.39, 0.29) is 25.1 Å². The van der Waals surface area contributed by atoms with Crippen molar-refractivity contribution in [3.05, 3.63) is 27.9 Å². The number of halogens is 3. The Kier molecular flexibility index (Phi) is 4.31. The summed E-state index contributed by atoms with van der Waals surface area (Å²) in [6, 6.07) is 0. The molecule has 1 aromatic rings. The Morgan fingerprint density at radius 3 is 2.90 bits per heavy atom. The summed E-state index contributed by atoms with van der Waals surface area (Å²) in [7, 11) is 0. The van der Waals surface area contributed by atoms with E-state index in [1.807, 2.05) is 0 Å². The fourth-order valence-electron chi connectivity index (χ4n) is 1.98. The standard InChI is InChI=1S/C12H14F3N3O3/c1-7-16-5-8(11(20)17-7)4-10(19)18-2-3-21-9(6-18)12(13,14)15/h5,9H,2-4,6H2,1H3,(H,16,17,20). The largest absolute Gasteiger partial charge is 0.416 e. The van der Waals surface area contributed by atoms with Gasteiger partial charge >= 0.3 is 6.18 Å². The number of nitrogens with zero attached hydrogens (tertiary/aromatic N) is 2. The van der Waals surface area contributed by atoms with Crippen LogP contribution in [0.15, 0.2) is 11.0 Å². The number of alkyl halides is 3. The summed E-state index contributed by atoms with van der Waals surface area (Å²) in [5.41, 5.74) is -0.336. The molecular formula is C12H14F3N3O3. The van der Waals surface area contributed by atoms with E-state index in [1.54, 1.807) is 6.92 Å². The molecule has 6 nitrogen and oxygen atoms in total.